The zero-order valence-corrected chi connectivity index (χ0v) is 37.6. The van der Waals surface area contributed by atoms with E-state index in [2.05, 4.69) is 213 Å². The molecule has 0 spiro atoms. The van der Waals surface area contributed by atoms with Crippen molar-refractivity contribution in [3.63, 3.8) is 0 Å². The van der Waals surface area contributed by atoms with E-state index in [9.17, 15) is 10.5 Å². The van der Waals surface area contributed by atoms with E-state index in [1.807, 2.05) is 24.3 Å². The Hall–Kier alpha value is -9.82. The van der Waals surface area contributed by atoms with Crippen molar-refractivity contribution in [2.45, 2.75) is 6.92 Å². The SMILES string of the molecule is Cc1ccc2c(c1)c1ccc3oc4ccccc4c3c1n2-c1c(C#N)c(-n2c3ccccc3c3ccccc32)c(C#N)c(-n2c3ccccc3c3ccccc32)c1-n1c2ccccc2c2ccccc21. The predicted molar refractivity (Wildman–Crippen MR) is 285 cm³/mol. The molecule has 0 saturated carbocycles. The number of hydrogen-bond donors (Lipinski definition) is 0. The third-order valence-electron chi connectivity index (χ3n) is 14.7. The molecule has 0 atom stereocenters. The topological polar surface area (TPSA) is 80.4 Å². The fourth-order valence-corrected chi connectivity index (χ4v) is 11.9. The third kappa shape index (κ3) is 4.89. The smallest absolute Gasteiger partial charge is 0.137 e. The van der Waals surface area contributed by atoms with E-state index in [1.165, 1.54) is 0 Å². The van der Waals surface area contributed by atoms with Crippen LogP contribution >= 0.6 is 0 Å². The van der Waals surface area contributed by atoms with Crippen LogP contribution in [-0.2, 0) is 0 Å². The Bertz CT molecular complexity index is 4720. The first-order valence-corrected chi connectivity index (χ1v) is 23.5. The molecule has 324 valence electrons. The highest BCUT2D eigenvalue weighted by Crippen LogP contribution is 2.50. The molecule has 7 heteroatoms. The fourth-order valence-electron chi connectivity index (χ4n) is 11.9. The molecule has 5 heterocycles. The largest absolute Gasteiger partial charge is 0.456 e. The summed E-state index contributed by atoms with van der Waals surface area (Å²) < 4.78 is 15.8. The van der Waals surface area contributed by atoms with E-state index < -0.39 is 0 Å². The number of rotatable bonds is 4. The molecule has 0 amide bonds. The number of aromatic nitrogens is 4. The zero-order chi connectivity index (χ0) is 46.4. The molecule has 0 aliphatic rings. The minimum atomic E-state index is 0.355. The highest BCUT2D eigenvalue weighted by Gasteiger charge is 2.35. The van der Waals surface area contributed by atoms with Crippen molar-refractivity contribution in [2.75, 3.05) is 0 Å². The van der Waals surface area contributed by atoms with Crippen LogP contribution in [0, 0.1) is 29.6 Å². The van der Waals surface area contributed by atoms with Gasteiger partial charge in [0.15, 0.2) is 0 Å². The molecule has 0 unspecified atom stereocenters. The molecule has 0 aliphatic carbocycles. The van der Waals surface area contributed by atoms with Crippen LogP contribution in [0.3, 0.4) is 0 Å². The van der Waals surface area contributed by atoms with E-state index >= 15 is 0 Å². The van der Waals surface area contributed by atoms with Crippen LogP contribution in [0.4, 0.5) is 0 Å². The Labute approximate surface area is 399 Å². The van der Waals surface area contributed by atoms with Crippen molar-refractivity contribution in [1.29, 1.82) is 10.5 Å². The Balaban J connectivity index is 1.32. The van der Waals surface area contributed by atoms with Gasteiger partial charge in [-0.2, -0.15) is 10.5 Å². The van der Waals surface area contributed by atoms with Crippen molar-refractivity contribution >= 4 is 109 Å². The van der Waals surface area contributed by atoms with Crippen molar-refractivity contribution in [3.05, 3.63) is 217 Å². The Kier molecular flexibility index (Phi) is 7.72. The molecule has 0 saturated heterocycles. The summed E-state index contributed by atoms with van der Waals surface area (Å²) in [6.45, 7) is 2.13. The number of nitrogens with zero attached hydrogens (tertiary/aromatic N) is 6. The van der Waals surface area contributed by atoms with Gasteiger partial charge in [0.1, 0.15) is 34.4 Å². The van der Waals surface area contributed by atoms with Crippen LogP contribution in [0.1, 0.15) is 16.7 Å². The van der Waals surface area contributed by atoms with E-state index in [0.717, 1.165) is 115 Å². The average Bonchev–Trinajstić information content (AvgIpc) is 4.21. The summed E-state index contributed by atoms with van der Waals surface area (Å²) in [5.74, 6) is 0. The Morgan fingerprint density at radius 3 is 1.19 bits per heavy atom. The van der Waals surface area contributed by atoms with Crippen molar-refractivity contribution < 1.29 is 4.42 Å². The molecule has 0 fully saturated rings. The van der Waals surface area contributed by atoms with Crippen LogP contribution in [0.15, 0.2) is 205 Å². The maximum atomic E-state index is 12.5. The summed E-state index contributed by atoms with van der Waals surface area (Å²) in [7, 11) is 0. The summed E-state index contributed by atoms with van der Waals surface area (Å²) in [6.07, 6.45) is 0. The van der Waals surface area contributed by atoms with Crippen molar-refractivity contribution in [3.8, 4) is 34.9 Å². The molecular weight excluding hydrogens is 857 g/mol. The number of furan rings is 1. The van der Waals surface area contributed by atoms with Gasteiger partial charge in [-0.25, -0.2) is 0 Å². The molecule has 10 aromatic carbocycles. The maximum Gasteiger partial charge on any atom is 0.137 e. The van der Waals surface area contributed by atoms with Gasteiger partial charge in [-0.3, -0.25) is 0 Å². The molecule has 7 nitrogen and oxygen atoms in total. The predicted octanol–water partition coefficient (Wildman–Crippen LogP) is 16.0. The number of nitriles is 2. The van der Waals surface area contributed by atoms with E-state index in [0.29, 0.717) is 33.9 Å². The first kappa shape index (κ1) is 38.3. The second-order valence-electron chi connectivity index (χ2n) is 18.3. The quantitative estimate of drug-likeness (QED) is 0.176. The monoisotopic (exact) mass is 892 g/mol. The van der Waals surface area contributed by atoms with E-state index in [1.54, 1.807) is 0 Å². The third-order valence-corrected chi connectivity index (χ3v) is 14.7. The lowest BCUT2D eigenvalue weighted by molar-refractivity contribution is 0.669. The summed E-state index contributed by atoms with van der Waals surface area (Å²) >= 11 is 0. The number of fused-ring (bicyclic) bond motifs is 16. The van der Waals surface area contributed by atoms with Crippen molar-refractivity contribution in [2.24, 2.45) is 0 Å². The summed E-state index contributed by atoms with van der Waals surface area (Å²) in [5, 5.41) is 35.1. The molecule has 0 N–H and O–H groups in total. The lowest BCUT2D eigenvalue weighted by atomic mass is 9.98. The highest BCUT2D eigenvalue weighted by atomic mass is 16.3. The van der Waals surface area contributed by atoms with Gasteiger partial charge in [0.25, 0.3) is 0 Å². The van der Waals surface area contributed by atoms with Gasteiger partial charge in [0.05, 0.1) is 72.3 Å². The molecule has 70 heavy (non-hydrogen) atoms. The van der Waals surface area contributed by atoms with Gasteiger partial charge >= 0.3 is 0 Å². The molecular formula is C63H36N6O. The van der Waals surface area contributed by atoms with E-state index in [4.69, 9.17) is 4.42 Å². The minimum absolute atomic E-state index is 0.355. The van der Waals surface area contributed by atoms with Crippen LogP contribution in [0.5, 0.6) is 0 Å². The minimum Gasteiger partial charge on any atom is -0.456 e. The Morgan fingerprint density at radius 1 is 0.329 bits per heavy atom. The zero-order valence-electron chi connectivity index (χ0n) is 37.6. The number of aryl methyl sites for hydroxylation is 1. The molecule has 15 rings (SSSR count). The molecule has 15 aromatic rings. The van der Waals surface area contributed by atoms with Crippen LogP contribution in [0.25, 0.3) is 132 Å². The number of para-hydroxylation sites is 7. The molecule has 5 aromatic heterocycles. The molecule has 0 aliphatic heterocycles. The van der Waals surface area contributed by atoms with Crippen LogP contribution in [0.2, 0.25) is 0 Å². The lowest BCUT2D eigenvalue weighted by Crippen LogP contribution is -2.17. The lowest BCUT2D eigenvalue weighted by Gasteiger charge is -2.27. The average molecular weight is 893 g/mol. The first-order chi connectivity index (χ1) is 34.6. The van der Waals surface area contributed by atoms with Crippen molar-refractivity contribution in [1.82, 2.24) is 18.3 Å². The number of hydrogen-bond acceptors (Lipinski definition) is 3. The second-order valence-corrected chi connectivity index (χ2v) is 18.3. The highest BCUT2D eigenvalue weighted by molar-refractivity contribution is 6.25. The van der Waals surface area contributed by atoms with Gasteiger partial charge in [0.2, 0.25) is 0 Å². The normalized spacial score (nSPS) is 12.0. The van der Waals surface area contributed by atoms with Gasteiger partial charge < -0.3 is 22.7 Å². The maximum absolute atomic E-state index is 12.5. The van der Waals surface area contributed by atoms with Crippen LogP contribution in [-0.4, -0.2) is 18.3 Å². The van der Waals surface area contributed by atoms with Crippen LogP contribution < -0.4 is 0 Å². The number of benzene rings is 10. The molecule has 0 bridgehead atoms. The standard InChI is InChI=1S/C63H36N6O/c1-37-30-32-55-46(34-37)44-31-33-57-58(45-22-8-15-29-56(45)70-57)60(44)69(55)62-48(36-65)59(66-49-23-9-2-16-38(49)39-17-3-10-24-50(39)66)47(35-64)61(67-51-25-11-4-18-40(51)41-19-5-12-26-52(41)67)63(62)68-53-27-13-6-20-42(53)43-21-7-14-28-54(43)68/h2-34H,1H3. The summed E-state index contributed by atoms with van der Waals surface area (Å²) in [5.41, 5.74) is 13.2. The second kappa shape index (κ2) is 14.1. The van der Waals surface area contributed by atoms with Gasteiger partial charge in [-0.05, 0) is 73.7 Å². The summed E-state index contributed by atoms with van der Waals surface area (Å²) in [4.78, 5) is 0. The summed E-state index contributed by atoms with van der Waals surface area (Å²) in [6, 6.07) is 75.2. The Morgan fingerprint density at radius 2 is 0.714 bits per heavy atom. The van der Waals surface area contributed by atoms with Gasteiger partial charge in [-0.1, -0.05) is 139 Å². The first-order valence-electron chi connectivity index (χ1n) is 23.5. The van der Waals surface area contributed by atoms with Gasteiger partial charge in [-0.15, -0.1) is 0 Å². The fraction of sp³-hybridized carbons (Fsp3) is 0.0159. The van der Waals surface area contributed by atoms with E-state index in [-0.39, 0.29) is 0 Å². The van der Waals surface area contributed by atoms with Gasteiger partial charge in [0, 0.05) is 48.5 Å². The molecule has 0 radical (unpaired) electrons.